The Bertz CT molecular complexity index is 433. The van der Waals surface area contributed by atoms with Crippen molar-refractivity contribution in [2.75, 3.05) is 26.9 Å². The van der Waals surface area contributed by atoms with Gasteiger partial charge in [-0.1, -0.05) is 18.2 Å². The Labute approximate surface area is 119 Å². The molecule has 1 aromatic rings. The van der Waals surface area contributed by atoms with E-state index >= 15 is 0 Å². The summed E-state index contributed by atoms with van der Waals surface area (Å²) in [5, 5.41) is 0. The van der Waals surface area contributed by atoms with Gasteiger partial charge < -0.3 is 19.9 Å². The molecule has 0 aliphatic heterocycles. The van der Waals surface area contributed by atoms with Crippen LogP contribution in [0.25, 0.3) is 0 Å². The van der Waals surface area contributed by atoms with Gasteiger partial charge in [-0.05, 0) is 30.9 Å². The Kier molecular flexibility index (Phi) is 4.98. The minimum Gasteiger partial charge on any atom is -0.491 e. The smallest absolute Gasteiger partial charge is 0.328 e. The second kappa shape index (κ2) is 6.72. The maximum atomic E-state index is 11.7. The van der Waals surface area contributed by atoms with E-state index in [1.165, 1.54) is 7.11 Å². The molecule has 0 radical (unpaired) electrons. The van der Waals surface area contributed by atoms with E-state index in [9.17, 15) is 4.79 Å². The van der Waals surface area contributed by atoms with Crippen molar-refractivity contribution in [3.05, 3.63) is 30.3 Å². The van der Waals surface area contributed by atoms with Crippen molar-refractivity contribution in [1.82, 2.24) is 0 Å². The number of ether oxygens (including phenoxy) is 3. The van der Waals surface area contributed by atoms with Crippen LogP contribution in [0.5, 0.6) is 5.75 Å². The maximum absolute atomic E-state index is 11.7. The van der Waals surface area contributed by atoms with Crippen molar-refractivity contribution in [1.29, 1.82) is 0 Å². The summed E-state index contributed by atoms with van der Waals surface area (Å²) >= 11 is 0. The lowest BCUT2D eigenvalue weighted by molar-refractivity contribution is -0.150. The highest BCUT2D eigenvalue weighted by Gasteiger charge is 2.49. The van der Waals surface area contributed by atoms with Gasteiger partial charge in [-0.2, -0.15) is 0 Å². The number of hydrogen-bond acceptors (Lipinski definition) is 5. The summed E-state index contributed by atoms with van der Waals surface area (Å²) in [6.45, 7) is 0.978. The lowest BCUT2D eigenvalue weighted by Gasteiger charge is -2.26. The Balaban J connectivity index is 1.70. The van der Waals surface area contributed by atoms with Crippen molar-refractivity contribution >= 4 is 5.97 Å². The van der Waals surface area contributed by atoms with Gasteiger partial charge in [-0.25, -0.2) is 4.79 Å². The molecular formula is C15H21NO4. The summed E-state index contributed by atoms with van der Waals surface area (Å²) in [4.78, 5) is 11.7. The molecule has 0 saturated heterocycles. The first-order chi connectivity index (χ1) is 9.66. The molecule has 5 nitrogen and oxygen atoms in total. The van der Waals surface area contributed by atoms with E-state index < -0.39 is 11.5 Å². The number of carbonyl (C=O) groups is 1. The Hall–Kier alpha value is -1.59. The summed E-state index contributed by atoms with van der Waals surface area (Å²) in [5.41, 5.74) is 5.10. The molecule has 0 amide bonds. The van der Waals surface area contributed by atoms with E-state index in [0.29, 0.717) is 13.2 Å². The van der Waals surface area contributed by atoms with Crippen LogP contribution in [-0.2, 0) is 14.3 Å². The molecule has 1 unspecified atom stereocenters. The number of rotatable bonds is 8. The van der Waals surface area contributed by atoms with Crippen LogP contribution in [-0.4, -0.2) is 38.4 Å². The largest absolute Gasteiger partial charge is 0.491 e. The van der Waals surface area contributed by atoms with Crippen LogP contribution in [0.4, 0.5) is 0 Å². The number of nitrogens with two attached hydrogens (primary N) is 1. The van der Waals surface area contributed by atoms with Gasteiger partial charge in [-0.15, -0.1) is 0 Å². The Morgan fingerprint density at radius 3 is 2.60 bits per heavy atom. The molecular weight excluding hydrogens is 258 g/mol. The van der Waals surface area contributed by atoms with Gasteiger partial charge in [0, 0.05) is 0 Å². The molecule has 2 N–H and O–H groups in total. The predicted molar refractivity (Wildman–Crippen MR) is 74.4 cm³/mol. The average Bonchev–Trinajstić information content (AvgIpc) is 3.32. The van der Waals surface area contributed by atoms with Crippen molar-refractivity contribution < 1.29 is 19.0 Å². The van der Waals surface area contributed by atoms with E-state index in [1.54, 1.807) is 0 Å². The zero-order valence-electron chi connectivity index (χ0n) is 11.7. The fourth-order valence-corrected chi connectivity index (χ4v) is 2.11. The first kappa shape index (κ1) is 14.8. The molecule has 1 saturated carbocycles. The summed E-state index contributed by atoms with van der Waals surface area (Å²) in [7, 11) is 1.35. The fourth-order valence-electron chi connectivity index (χ4n) is 2.11. The molecule has 0 spiro atoms. The van der Waals surface area contributed by atoms with Gasteiger partial charge >= 0.3 is 5.97 Å². The van der Waals surface area contributed by atoms with Gasteiger partial charge in [0.25, 0.3) is 0 Å². The van der Waals surface area contributed by atoms with Crippen LogP contribution in [0.3, 0.4) is 0 Å². The molecule has 20 heavy (non-hydrogen) atoms. The molecule has 1 fully saturated rings. The highest BCUT2D eigenvalue weighted by atomic mass is 16.5. The third-order valence-electron chi connectivity index (χ3n) is 3.45. The van der Waals surface area contributed by atoms with Crippen molar-refractivity contribution in [3.8, 4) is 5.75 Å². The lowest BCUT2D eigenvalue weighted by Crippen LogP contribution is -2.54. The number of benzene rings is 1. The van der Waals surface area contributed by atoms with Crippen molar-refractivity contribution in [2.45, 2.75) is 18.4 Å². The van der Waals surface area contributed by atoms with Crippen LogP contribution in [0.1, 0.15) is 12.8 Å². The first-order valence-corrected chi connectivity index (χ1v) is 6.79. The molecule has 2 rings (SSSR count). The standard InChI is InChI=1S/C15H21NO4/c1-18-14(17)15(16,12-7-8-12)11-19-9-10-20-13-5-3-2-4-6-13/h2-6,12H,7-11,16H2,1H3. The molecule has 0 bridgehead atoms. The summed E-state index contributed by atoms with van der Waals surface area (Å²) < 4.78 is 15.8. The number of esters is 1. The summed E-state index contributed by atoms with van der Waals surface area (Å²) in [5.74, 6) is 0.569. The first-order valence-electron chi connectivity index (χ1n) is 6.79. The number of methoxy groups -OCH3 is 1. The summed E-state index contributed by atoms with van der Waals surface area (Å²) in [6.07, 6.45) is 1.91. The van der Waals surface area contributed by atoms with E-state index in [-0.39, 0.29) is 12.5 Å². The summed E-state index contributed by atoms with van der Waals surface area (Å²) in [6, 6.07) is 9.51. The third-order valence-corrected chi connectivity index (χ3v) is 3.45. The average molecular weight is 279 g/mol. The highest BCUT2D eigenvalue weighted by Crippen LogP contribution is 2.39. The molecule has 0 aromatic heterocycles. The molecule has 1 aromatic carbocycles. The number of carbonyl (C=O) groups excluding carboxylic acids is 1. The van der Waals surface area contributed by atoms with Gasteiger partial charge in [-0.3, -0.25) is 0 Å². The topological polar surface area (TPSA) is 70.8 Å². The van der Waals surface area contributed by atoms with E-state index in [2.05, 4.69) is 0 Å². The van der Waals surface area contributed by atoms with Gasteiger partial charge in [0.2, 0.25) is 0 Å². The second-order valence-electron chi connectivity index (χ2n) is 5.02. The number of para-hydroxylation sites is 1. The molecule has 1 aliphatic rings. The zero-order valence-corrected chi connectivity index (χ0v) is 11.7. The second-order valence-corrected chi connectivity index (χ2v) is 5.02. The van der Waals surface area contributed by atoms with Crippen LogP contribution in [0.2, 0.25) is 0 Å². The van der Waals surface area contributed by atoms with Crippen LogP contribution in [0.15, 0.2) is 30.3 Å². The van der Waals surface area contributed by atoms with E-state index in [1.807, 2.05) is 30.3 Å². The van der Waals surface area contributed by atoms with Crippen LogP contribution in [0, 0.1) is 5.92 Å². The maximum Gasteiger partial charge on any atom is 0.328 e. The zero-order chi connectivity index (χ0) is 14.4. The Morgan fingerprint density at radius 2 is 2.00 bits per heavy atom. The third kappa shape index (κ3) is 3.71. The van der Waals surface area contributed by atoms with Gasteiger partial charge in [0.05, 0.1) is 20.3 Å². The predicted octanol–water partition coefficient (Wildman–Crippen LogP) is 1.36. The SMILES string of the molecule is COC(=O)C(N)(COCCOc1ccccc1)C1CC1. The van der Waals surface area contributed by atoms with Crippen molar-refractivity contribution in [2.24, 2.45) is 11.7 Å². The molecule has 1 atom stereocenters. The molecule has 5 heteroatoms. The Morgan fingerprint density at radius 1 is 1.30 bits per heavy atom. The minimum absolute atomic E-state index is 0.169. The molecule has 1 aliphatic carbocycles. The monoisotopic (exact) mass is 279 g/mol. The van der Waals surface area contributed by atoms with Crippen molar-refractivity contribution in [3.63, 3.8) is 0 Å². The molecule has 0 heterocycles. The number of hydrogen-bond donors (Lipinski definition) is 1. The quantitative estimate of drug-likeness (QED) is 0.575. The van der Waals surface area contributed by atoms with Crippen LogP contribution < -0.4 is 10.5 Å². The highest BCUT2D eigenvalue weighted by molar-refractivity contribution is 5.81. The van der Waals surface area contributed by atoms with E-state index in [0.717, 1.165) is 18.6 Å². The molecule has 110 valence electrons. The minimum atomic E-state index is -1.01. The van der Waals surface area contributed by atoms with Gasteiger partial charge in [0.15, 0.2) is 0 Å². The van der Waals surface area contributed by atoms with Gasteiger partial charge in [0.1, 0.15) is 17.9 Å². The van der Waals surface area contributed by atoms with E-state index in [4.69, 9.17) is 19.9 Å². The fraction of sp³-hybridized carbons (Fsp3) is 0.533. The van der Waals surface area contributed by atoms with Crippen LogP contribution >= 0.6 is 0 Å². The lowest BCUT2D eigenvalue weighted by atomic mass is 9.96. The normalized spacial score (nSPS) is 17.3.